The molecule has 1 amide bonds. The second kappa shape index (κ2) is 9.14. The summed E-state index contributed by atoms with van der Waals surface area (Å²) < 4.78 is 36.9. The Bertz CT molecular complexity index is 914. The Hall–Kier alpha value is -3.44. The van der Waals surface area contributed by atoms with Crippen LogP contribution in [0.15, 0.2) is 36.9 Å². The van der Waals surface area contributed by atoms with Crippen molar-refractivity contribution in [2.24, 2.45) is 11.8 Å². The number of rotatable bonds is 3. The fraction of sp³-hybridized carbons (Fsp3) is 0.421. The number of carboxylic acids is 1. The zero-order valence-corrected chi connectivity index (χ0v) is 16.5. The summed E-state index contributed by atoms with van der Waals surface area (Å²) in [6.07, 6.45) is -0.236. The molecule has 0 saturated carbocycles. The maximum Gasteiger partial charge on any atom is 0.490 e. The largest absolute Gasteiger partial charge is 0.490 e. The molecule has 4 heterocycles. The lowest BCUT2D eigenvalue weighted by Crippen LogP contribution is -2.33. The molecule has 2 aliphatic rings. The molecule has 0 aliphatic carbocycles. The highest BCUT2D eigenvalue weighted by Crippen LogP contribution is 2.34. The van der Waals surface area contributed by atoms with Gasteiger partial charge in [-0.1, -0.05) is 0 Å². The third-order valence-corrected chi connectivity index (χ3v) is 5.09. The van der Waals surface area contributed by atoms with E-state index in [-0.39, 0.29) is 5.91 Å². The topological polar surface area (TPSA) is 109 Å². The summed E-state index contributed by atoms with van der Waals surface area (Å²) in [4.78, 5) is 38.1. The Morgan fingerprint density at radius 1 is 1.16 bits per heavy atom. The molecule has 0 unspecified atom stereocenters. The maximum atomic E-state index is 12.5. The number of ether oxygens (including phenoxy) is 1. The van der Waals surface area contributed by atoms with Crippen molar-refractivity contribution >= 4 is 17.7 Å². The molecule has 2 fully saturated rings. The van der Waals surface area contributed by atoms with E-state index in [1.807, 2.05) is 17.0 Å². The van der Waals surface area contributed by atoms with Gasteiger partial charge in [0.2, 0.25) is 5.88 Å². The van der Waals surface area contributed by atoms with Crippen LogP contribution in [0.5, 0.6) is 5.88 Å². The molecule has 12 heteroatoms. The number of methoxy groups -OCH3 is 1. The van der Waals surface area contributed by atoms with Crippen LogP contribution in [-0.2, 0) is 4.79 Å². The molecule has 2 aromatic heterocycles. The zero-order chi connectivity index (χ0) is 22.6. The summed E-state index contributed by atoms with van der Waals surface area (Å²) in [5, 5.41) is 7.12. The van der Waals surface area contributed by atoms with Gasteiger partial charge in [0.25, 0.3) is 5.91 Å². The van der Waals surface area contributed by atoms with Crippen molar-refractivity contribution in [3.05, 3.63) is 42.5 Å². The fourth-order valence-corrected chi connectivity index (χ4v) is 3.63. The molecule has 0 spiro atoms. The number of hydrogen-bond acceptors (Lipinski definition) is 7. The molecule has 2 aromatic rings. The van der Waals surface area contributed by atoms with Crippen LogP contribution in [0.1, 0.15) is 10.4 Å². The number of nitrogens with zero attached hydrogens (tertiary/aromatic N) is 5. The van der Waals surface area contributed by atoms with Gasteiger partial charge < -0.3 is 19.6 Å². The van der Waals surface area contributed by atoms with Gasteiger partial charge in [0.1, 0.15) is 12.1 Å². The number of carbonyl (C=O) groups excluding carboxylic acids is 1. The Morgan fingerprint density at radius 2 is 1.81 bits per heavy atom. The molecule has 1 N–H and O–H groups in total. The van der Waals surface area contributed by atoms with Crippen LogP contribution >= 0.6 is 0 Å². The molecule has 9 nitrogen and oxygen atoms in total. The average molecular weight is 439 g/mol. The molecule has 2 aliphatic heterocycles. The number of likely N-dealkylation sites (tertiary alicyclic amines) is 1. The average Bonchev–Trinajstić information content (AvgIpc) is 3.33. The Morgan fingerprint density at radius 3 is 2.32 bits per heavy atom. The van der Waals surface area contributed by atoms with Gasteiger partial charge in [0.05, 0.1) is 12.7 Å². The molecule has 166 valence electrons. The number of fused-ring (bicyclic) bond motifs is 1. The molecule has 0 bridgehead atoms. The number of halogens is 3. The molecular weight excluding hydrogens is 419 g/mol. The summed E-state index contributed by atoms with van der Waals surface area (Å²) in [5.74, 6) is -0.259. The van der Waals surface area contributed by atoms with Crippen molar-refractivity contribution in [3.8, 4) is 5.88 Å². The normalized spacial score (nSPS) is 20.0. The van der Waals surface area contributed by atoms with Gasteiger partial charge in [0, 0.05) is 56.5 Å². The number of hydrogen-bond donors (Lipinski definition) is 1. The predicted octanol–water partition coefficient (Wildman–Crippen LogP) is 1.72. The summed E-state index contributed by atoms with van der Waals surface area (Å²) in [6.45, 7) is 3.39. The van der Waals surface area contributed by atoms with E-state index in [0.29, 0.717) is 23.3 Å². The SMILES string of the molecule is COc1cc(N2C[C@H]3CN(C(=O)c4cccnc4)C[C@H]3C2)ncn1.O=C(O)C(F)(F)F. The van der Waals surface area contributed by atoms with Gasteiger partial charge >= 0.3 is 12.1 Å². The summed E-state index contributed by atoms with van der Waals surface area (Å²) in [7, 11) is 1.60. The third-order valence-electron chi connectivity index (χ3n) is 5.09. The molecule has 0 radical (unpaired) electrons. The lowest BCUT2D eigenvalue weighted by molar-refractivity contribution is -0.192. The minimum Gasteiger partial charge on any atom is -0.481 e. The number of amides is 1. The minimum atomic E-state index is -5.08. The van der Waals surface area contributed by atoms with Gasteiger partial charge in [-0.3, -0.25) is 9.78 Å². The van der Waals surface area contributed by atoms with Crippen molar-refractivity contribution in [2.45, 2.75) is 6.18 Å². The van der Waals surface area contributed by atoms with Crippen LogP contribution in [0.2, 0.25) is 0 Å². The second-order valence-corrected chi connectivity index (χ2v) is 7.10. The van der Waals surface area contributed by atoms with Gasteiger partial charge in [-0.2, -0.15) is 13.2 Å². The van der Waals surface area contributed by atoms with E-state index in [0.717, 1.165) is 32.0 Å². The smallest absolute Gasteiger partial charge is 0.481 e. The van der Waals surface area contributed by atoms with Crippen molar-refractivity contribution < 1.29 is 32.6 Å². The van der Waals surface area contributed by atoms with Crippen LogP contribution in [0.3, 0.4) is 0 Å². The monoisotopic (exact) mass is 439 g/mol. The highest BCUT2D eigenvalue weighted by atomic mass is 19.4. The zero-order valence-electron chi connectivity index (χ0n) is 16.5. The Kier molecular flexibility index (Phi) is 6.56. The minimum absolute atomic E-state index is 0.0766. The molecule has 4 rings (SSSR count). The van der Waals surface area contributed by atoms with Crippen molar-refractivity contribution in [1.29, 1.82) is 0 Å². The summed E-state index contributed by atoms with van der Waals surface area (Å²) >= 11 is 0. The maximum absolute atomic E-state index is 12.5. The molecular formula is C19H20F3N5O4. The van der Waals surface area contributed by atoms with E-state index in [9.17, 15) is 18.0 Å². The van der Waals surface area contributed by atoms with Gasteiger partial charge in [-0.15, -0.1) is 0 Å². The van der Waals surface area contributed by atoms with Crippen molar-refractivity contribution in [2.75, 3.05) is 38.2 Å². The number of carbonyl (C=O) groups is 2. The lowest BCUT2D eigenvalue weighted by atomic mass is 10.0. The van der Waals surface area contributed by atoms with E-state index in [4.69, 9.17) is 14.6 Å². The number of pyridine rings is 1. The van der Waals surface area contributed by atoms with E-state index < -0.39 is 12.1 Å². The van der Waals surface area contributed by atoms with Crippen molar-refractivity contribution in [1.82, 2.24) is 19.9 Å². The first-order valence-corrected chi connectivity index (χ1v) is 9.29. The predicted molar refractivity (Wildman–Crippen MR) is 102 cm³/mol. The number of aliphatic carboxylic acids is 1. The van der Waals surface area contributed by atoms with E-state index in [1.165, 1.54) is 6.33 Å². The number of alkyl halides is 3. The highest BCUT2D eigenvalue weighted by Gasteiger charge is 2.42. The van der Waals surface area contributed by atoms with Crippen molar-refractivity contribution in [3.63, 3.8) is 0 Å². The Labute approximate surface area is 175 Å². The van der Waals surface area contributed by atoms with Crippen LogP contribution in [0.25, 0.3) is 0 Å². The second-order valence-electron chi connectivity index (χ2n) is 7.10. The fourth-order valence-electron chi connectivity index (χ4n) is 3.63. The van der Waals surface area contributed by atoms with Crippen LogP contribution in [0, 0.1) is 11.8 Å². The quantitative estimate of drug-likeness (QED) is 0.770. The molecule has 2 saturated heterocycles. The number of anilines is 1. The first-order chi connectivity index (χ1) is 14.7. The van der Waals surface area contributed by atoms with Gasteiger partial charge in [0.15, 0.2) is 0 Å². The van der Waals surface area contributed by atoms with Gasteiger partial charge in [-0.05, 0) is 12.1 Å². The van der Waals surface area contributed by atoms with Crippen LogP contribution < -0.4 is 9.64 Å². The standard InChI is InChI=1S/C17H19N5O2.C2HF3O2/c1-24-16-5-15(19-11-20-16)21-7-13-9-22(10-14(13)8-21)17(23)12-3-2-4-18-6-12;3-2(4,5)1(6)7/h2-6,11,13-14H,7-10H2,1H3;(H,6,7)/t13-,14+;. The summed E-state index contributed by atoms with van der Waals surface area (Å²) in [6, 6.07) is 5.48. The van der Waals surface area contributed by atoms with E-state index >= 15 is 0 Å². The first kappa shape index (κ1) is 22.2. The lowest BCUT2D eigenvalue weighted by Gasteiger charge is -2.22. The molecule has 0 aromatic carbocycles. The summed E-state index contributed by atoms with van der Waals surface area (Å²) in [5.41, 5.74) is 0.662. The van der Waals surface area contributed by atoms with E-state index in [1.54, 1.807) is 25.6 Å². The Balaban J connectivity index is 0.000000339. The first-order valence-electron chi connectivity index (χ1n) is 9.29. The number of carboxylic acid groups (broad SMARTS) is 1. The molecule has 2 atom stereocenters. The van der Waals surface area contributed by atoms with Gasteiger partial charge in [-0.25, -0.2) is 14.8 Å². The van der Waals surface area contributed by atoms with Crippen LogP contribution in [-0.4, -0.2) is 76.3 Å². The third kappa shape index (κ3) is 5.38. The molecule has 31 heavy (non-hydrogen) atoms. The number of aromatic nitrogens is 3. The van der Waals surface area contributed by atoms with Crippen LogP contribution in [0.4, 0.5) is 19.0 Å². The van der Waals surface area contributed by atoms with E-state index in [2.05, 4.69) is 19.9 Å². The highest BCUT2D eigenvalue weighted by molar-refractivity contribution is 5.94.